The summed E-state index contributed by atoms with van der Waals surface area (Å²) in [7, 11) is 0. The lowest BCUT2D eigenvalue weighted by Gasteiger charge is -2.21. The number of rotatable bonds is 6. The zero-order valence-electron chi connectivity index (χ0n) is 17.3. The summed E-state index contributed by atoms with van der Waals surface area (Å²) in [5.74, 6) is -0.324. The van der Waals surface area contributed by atoms with E-state index in [4.69, 9.17) is 21.3 Å². The second kappa shape index (κ2) is 9.35. The van der Waals surface area contributed by atoms with Crippen LogP contribution in [0.1, 0.15) is 35.7 Å². The third kappa shape index (κ3) is 4.80. The van der Waals surface area contributed by atoms with Gasteiger partial charge in [0.2, 0.25) is 0 Å². The number of esters is 1. The fourth-order valence-corrected chi connectivity index (χ4v) is 3.87. The van der Waals surface area contributed by atoms with Crippen LogP contribution in [0, 0.1) is 0 Å². The molecule has 4 rings (SSSR count). The van der Waals surface area contributed by atoms with Gasteiger partial charge in [0.05, 0.1) is 5.52 Å². The van der Waals surface area contributed by atoms with Gasteiger partial charge in [0.25, 0.3) is 5.91 Å². The lowest BCUT2D eigenvalue weighted by molar-refractivity contribution is -0.129. The standard InChI is InChI=1S/C24H24ClN3O3/c1-16(23(29)26-15-18-9-2-4-10-20(18)25)31-24(30)19-14-17-8-3-5-11-21(17)27-22(19)28-12-6-7-13-28/h2-5,8-11,14,16H,6-7,12-13,15H2,1H3,(H,26,29). The van der Waals surface area contributed by atoms with E-state index < -0.39 is 12.1 Å². The van der Waals surface area contributed by atoms with Crippen LogP contribution < -0.4 is 10.2 Å². The number of amides is 1. The Morgan fingerprint density at radius 1 is 1.13 bits per heavy atom. The molecule has 7 heteroatoms. The Morgan fingerprint density at radius 3 is 2.61 bits per heavy atom. The third-order valence-electron chi connectivity index (χ3n) is 5.39. The van der Waals surface area contributed by atoms with Gasteiger partial charge in [0.15, 0.2) is 6.10 Å². The molecule has 0 radical (unpaired) electrons. The first-order valence-corrected chi connectivity index (χ1v) is 10.8. The molecule has 31 heavy (non-hydrogen) atoms. The molecule has 1 saturated heterocycles. The molecule has 1 N–H and O–H groups in total. The minimum atomic E-state index is -0.951. The van der Waals surface area contributed by atoms with Crippen molar-refractivity contribution in [2.75, 3.05) is 18.0 Å². The maximum absolute atomic E-state index is 13.0. The number of aromatic nitrogens is 1. The molecule has 1 aliphatic rings. The Bertz CT molecular complexity index is 1110. The van der Waals surface area contributed by atoms with Gasteiger partial charge in [-0.1, -0.05) is 48.0 Å². The molecule has 1 atom stereocenters. The number of hydrogen-bond donors (Lipinski definition) is 1. The highest BCUT2D eigenvalue weighted by molar-refractivity contribution is 6.31. The van der Waals surface area contributed by atoms with Crippen LogP contribution in [0.5, 0.6) is 0 Å². The number of nitrogens with zero attached hydrogens (tertiary/aromatic N) is 2. The summed E-state index contributed by atoms with van der Waals surface area (Å²) in [6.45, 7) is 3.51. The smallest absolute Gasteiger partial charge is 0.342 e. The molecule has 0 aliphatic carbocycles. The molecule has 2 aromatic carbocycles. The van der Waals surface area contributed by atoms with E-state index in [1.165, 1.54) is 0 Å². The molecule has 1 amide bonds. The van der Waals surface area contributed by atoms with Gasteiger partial charge in [0.1, 0.15) is 11.4 Å². The molecule has 0 spiro atoms. The van der Waals surface area contributed by atoms with Crippen LogP contribution in [0.4, 0.5) is 5.82 Å². The van der Waals surface area contributed by atoms with Crippen molar-refractivity contribution in [2.45, 2.75) is 32.4 Å². The van der Waals surface area contributed by atoms with Crippen LogP contribution in [-0.4, -0.2) is 36.1 Å². The quantitative estimate of drug-likeness (QED) is 0.580. The molecule has 6 nitrogen and oxygen atoms in total. The van der Waals surface area contributed by atoms with E-state index in [9.17, 15) is 9.59 Å². The van der Waals surface area contributed by atoms with E-state index >= 15 is 0 Å². The second-order valence-electron chi connectivity index (χ2n) is 7.60. The van der Waals surface area contributed by atoms with Crippen LogP contribution in [0.15, 0.2) is 54.6 Å². The minimum Gasteiger partial charge on any atom is -0.449 e. The largest absolute Gasteiger partial charge is 0.449 e. The van der Waals surface area contributed by atoms with Crippen LogP contribution in [0.25, 0.3) is 10.9 Å². The Morgan fingerprint density at radius 2 is 1.84 bits per heavy atom. The van der Waals surface area contributed by atoms with Crippen LogP contribution in [-0.2, 0) is 16.1 Å². The van der Waals surface area contributed by atoms with Gasteiger partial charge in [-0.15, -0.1) is 0 Å². The molecule has 0 bridgehead atoms. The van der Waals surface area contributed by atoms with Gasteiger partial charge in [-0.05, 0) is 43.5 Å². The Hall–Kier alpha value is -3.12. The number of para-hydroxylation sites is 1. The van der Waals surface area contributed by atoms with E-state index in [1.54, 1.807) is 19.1 Å². The highest BCUT2D eigenvalue weighted by Crippen LogP contribution is 2.27. The van der Waals surface area contributed by atoms with Crippen LogP contribution >= 0.6 is 11.6 Å². The zero-order chi connectivity index (χ0) is 21.8. The van der Waals surface area contributed by atoms with Crippen molar-refractivity contribution in [3.8, 4) is 0 Å². The first kappa shape index (κ1) is 21.1. The SMILES string of the molecule is CC(OC(=O)c1cc2ccccc2nc1N1CCCC1)C(=O)NCc1ccccc1Cl. The normalized spacial score (nSPS) is 14.5. The molecule has 1 aromatic heterocycles. The number of pyridine rings is 1. The lowest BCUT2D eigenvalue weighted by atomic mass is 10.1. The Kier molecular flexibility index (Phi) is 6.37. The number of halogens is 1. The van der Waals surface area contributed by atoms with E-state index in [-0.39, 0.29) is 12.5 Å². The Balaban J connectivity index is 1.50. The van der Waals surface area contributed by atoms with Crippen molar-refractivity contribution in [1.29, 1.82) is 0 Å². The number of carbonyl (C=O) groups excluding carboxylic acids is 2. The van der Waals surface area contributed by atoms with Crippen molar-refractivity contribution in [3.63, 3.8) is 0 Å². The van der Waals surface area contributed by atoms with Gasteiger partial charge in [-0.25, -0.2) is 9.78 Å². The first-order chi connectivity index (χ1) is 15.0. The number of fused-ring (bicyclic) bond motifs is 1. The number of anilines is 1. The third-order valence-corrected chi connectivity index (χ3v) is 5.76. The number of nitrogens with one attached hydrogen (secondary N) is 1. The average molecular weight is 438 g/mol. The molecule has 1 fully saturated rings. The summed E-state index contributed by atoms with van der Waals surface area (Å²) in [4.78, 5) is 32.3. The number of ether oxygens (including phenoxy) is 1. The van der Waals surface area contributed by atoms with Crippen LogP contribution in [0.2, 0.25) is 5.02 Å². The topological polar surface area (TPSA) is 71.5 Å². The fourth-order valence-electron chi connectivity index (χ4n) is 3.67. The fraction of sp³-hybridized carbons (Fsp3) is 0.292. The first-order valence-electron chi connectivity index (χ1n) is 10.4. The summed E-state index contributed by atoms with van der Waals surface area (Å²) < 4.78 is 5.52. The van der Waals surface area contributed by atoms with Gasteiger partial charge in [-0.2, -0.15) is 0 Å². The summed E-state index contributed by atoms with van der Waals surface area (Å²) in [5, 5.41) is 4.20. The van der Waals surface area contributed by atoms with E-state index in [0.717, 1.165) is 42.4 Å². The maximum atomic E-state index is 13.0. The van der Waals surface area contributed by atoms with Gasteiger partial charge in [-0.3, -0.25) is 4.79 Å². The number of carbonyl (C=O) groups is 2. The van der Waals surface area contributed by atoms with Crippen molar-refractivity contribution in [3.05, 3.63) is 70.7 Å². The molecule has 0 saturated carbocycles. The number of benzene rings is 2. The zero-order valence-corrected chi connectivity index (χ0v) is 18.1. The highest BCUT2D eigenvalue weighted by Gasteiger charge is 2.26. The lowest BCUT2D eigenvalue weighted by Crippen LogP contribution is -2.36. The van der Waals surface area contributed by atoms with Crippen molar-refractivity contribution < 1.29 is 14.3 Å². The predicted molar refractivity (Wildman–Crippen MR) is 121 cm³/mol. The van der Waals surface area contributed by atoms with E-state index in [2.05, 4.69) is 10.2 Å². The van der Waals surface area contributed by atoms with Gasteiger partial charge < -0.3 is 15.0 Å². The molecular formula is C24H24ClN3O3. The minimum absolute atomic E-state index is 0.261. The molecule has 160 valence electrons. The van der Waals surface area contributed by atoms with Gasteiger partial charge in [0, 0.05) is 30.0 Å². The van der Waals surface area contributed by atoms with E-state index in [1.807, 2.05) is 42.5 Å². The average Bonchev–Trinajstić information content (AvgIpc) is 3.32. The van der Waals surface area contributed by atoms with E-state index in [0.29, 0.717) is 16.4 Å². The highest BCUT2D eigenvalue weighted by atomic mass is 35.5. The van der Waals surface area contributed by atoms with Crippen molar-refractivity contribution in [2.24, 2.45) is 0 Å². The van der Waals surface area contributed by atoms with Crippen molar-refractivity contribution >= 4 is 40.2 Å². The monoisotopic (exact) mass is 437 g/mol. The summed E-state index contributed by atoms with van der Waals surface area (Å²) >= 11 is 6.13. The molecule has 2 heterocycles. The maximum Gasteiger partial charge on any atom is 0.342 e. The van der Waals surface area contributed by atoms with Crippen LogP contribution in [0.3, 0.4) is 0 Å². The Labute approximate surface area is 186 Å². The van der Waals surface area contributed by atoms with Gasteiger partial charge >= 0.3 is 5.97 Å². The summed E-state index contributed by atoms with van der Waals surface area (Å²) in [5.41, 5.74) is 2.00. The molecule has 3 aromatic rings. The summed E-state index contributed by atoms with van der Waals surface area (Å²) in [6.07, 6.45) is 1.17. The van der Waals surface area contributed by atoms with Crippen molar-refractivity contribution in [1.82, 2.24) is 10.3 Å². The predicted octanol–water partition coefficient (Wildman–Crippen LogP) is 4.35. The number of hydrogen-bond acceptors (Lipinski definition) is 5. The molecule has 1 unspecified atom stereocenters. The molecular weight excluding hydrogens is 414 g/mol. The summed E-state index contributed by atoms with van der Waals surface area (Å²) in [6, 6.07) is 16.7. The second-order valence-corrected chi connectivity index (χ2v) is 8.01. The molecule has 1 aliphatic heterocycles.